The maximum Gasteiger partial charge on any atom is 0.562 e. The fourth-order valence-electron chi connectivity index (χ4n) is 6.39. The SMILES string of the molecule is CC(C)CN(CC(O)C(Cc1ccccc1)NC(=O)OC1COC2OCCC12)S(=O)(=O)c1ccc2c(c1)CCC[C@H](C)C(=O)OB2O. The van der Waals surface area contributed by atoms with Gasteiger partial charge in [0.25, 0.3) is 5.97 Å². The van der Waals surface area contributed by atoms with E-state index in [9.17, 15) is 28.1 Å². The highest BCUT2D eigenvalue weighted by atomic mass is 32.2. The van der Waals surface area contributed by atoms with Gasteiger partial charge in [-0.15, -0.1) is 0 Å². The van der Waals surface area contributed by atoms with E-state index in [0.29, 0.717) is 43.3 Å². The van der Waals surface area contributed by atoms with Crippen LogP contribution in [0.2, 0.25) is 0 Å². The average molecular weight is 673 g/mol. The van der Waals surface area contributed by atoms with Gasteiger partial charge in [-0.2, -0.15) is 4.31 Å². The summed E-state index contributed by atoms with van der Waals surface area (Å²) < 4.78 is 51.6. The molecular formula is C33H45BN2O10S. The number of alkyl carbamates (subject to hydrolysis) is 1. The van der Waals surface area contributed by atoms with Gasteiger partial charge < -0.3 is 34.3 Å². The highest BCUT2D eigenvalue weighted by molar-refractivity contribution is 7.89. The van der Waals surface area contributed by atoms with Crippen LogP contribution in [-0.2, 0) is 46.5 Å². The van der Waals surface area contributed by atoms with Crippen LogP contribution < -0.4 is 10.8 Å². The molecular weight excluding hydrogens is 627 g/mol. The zero-order valence-electron chi connectivity index (χ0n) is 27.1. The van der Waals surface area contributed by atoms with Gasteiger partial charge in [-0.25, -0.2) is 13.2 Å². The molecule has 5 rings (SSSR count). The molecule has 2 saturated heterocycles. The lowest BCUT2D eigenvalue weighted by Crippen LogP contribution is -2.51. The van der Waals surface area contributed by atoms with E-state index in [1.807, 2.05) is 44.2 Å². The van der Waals surface area contributed by atoms with E-state index in [0.717, 1.165) is 5.56 Å². The van der Waals surface area contributed by atoms with Crippen LogP contribution in [0.25, 0.3) is 0 Å². The van der Waals surface area contributed by atoms with E-state index in [1.165, 1.54) is 22.5 Å². The Kier molecular flexibility index (Phi) is 11.6. The van der Waals surface area contributed by atoms with Gasteiger partial charge in [-0.1, -0.05) is 57.2 Å². The molecule has 0 radical (unpaired) electrons. The molecule has 0 aromatic heterocycles. The lowest BCUT2D eigenvalue weighted by atomic mass is 9.75. The van der Waals surface area contributed by atoms with Gasteiger partial charge in [0, 0.05) is 18.6 Å². The number of nitrogens with one attached hydrogen (secondary N) is 1. The average Bonchev–Trinajstić information content (AvgIpc) is 3.66. The van der Waals surface area contributed by atoms with Crippen LogP contribution in [0.3, 0.4) is 0 Å². The standard InChI is InChI=1S/C33H45BN2O10S/c1-21(2)18-36(47(41,42)25-12-13-27-24(17-25)11-7-8-22(3)31(38)46-34(27)40)19-29(37)28(16-23-9-5-4-6-10-23)35-33(39)45-30-20-44-32-26(30)14-15-43-32/h4-6,9-10,12-13,17,21-22,26,28-30,32,37,40H,7-8,11,14-16,18-20H2,1-3H3,(H,35,39)/t22-,26?,28?,29?,30?,32?/m0/s1. The van der Waals surface area contributed by atoms with Crippen LogP contribution in [-0.4, -0.2) is 92.9 Å². The van der Waals surface area contributed by atoms with E-state index in [2.05, 4.69) is 5.32 Å². The third-order valence-corrected chi connectivity index (χ3v) is 10.8. The van der Waals surface area contributed by atoms with Gasteiger partial charge in [0.2, 0.25) is 10.0 Å². The third kappa shape index (κ3) is 8.73. The number of carbonyl (C=O) groups is 2. The van der Waals surface area contributed by atoms with Gasteiger partial charge in [-0.05, 0) is 61.3 Å². The molecule has 256 valence electrons. The maximum atomic E-state index is 14.2. The van der Waals surface area contributed by atoms with E-state index >= 15 is 0 Å². The maximum absolute atomic E-state index is 14.2. The summed E-state index contributed by atoms with van der Waals surface area (Å²) in [5.41, 5.74) is 1.76. The monoisotopic (exact) mass is 672 g/mol. The molecule has 12 nitrogen and oxygen atoms in total. The molecule has 3 aliphatic rings. The summed E-state index contributed by atoms with van der Waals surface area (Å²) in [5, 5.41) is 25.0. The number of nitrogens with zero attached hydrogens (tertiary/aromatic N) is 1. The Hall–Kier alpha value is -3.01. The van der Waals surface area contributed by atoms with Crippen molar-refractivity contribution in [1.29, 1.82) is 0 Å². The molecule has 2 aromatic carbocycles. The summed E-state index contributed by atoms with van der Waals surface area (Å²) in [6.45, 7) is 6.06. The Morgan fingerprint density at radius 1 is 1.13 bits per heavy atom. The Balaban J connectivity index is 1.36. The van der Waals surface area contributed by atoms with E-state index in [-0.39, 0.29) is 48.8 Å². The fourth-order valence-corrected chi connectivity index (χ4v) is 8.06. The summed E-state index contributed by atoms with van der Waals surface area (Å²) >= 11 is 0. The first-order chi connectivity index (χ1) is 22.4. The quantitative estimate of drug-likeness (QED) is 0.301. The molecule has 5 unspecified atom stereocenters. The van der Waals surface area contributed by atoms with E-state index < -0.39 is 53.7 Å². The minimum Gasteiger partial charge on any atom is -0.506 e. The smallest absolute Gasteiger partial charge is 0.506 e. The van der Waals surface area contributed by atoms with Crippen molar-refractivity contribution < 1.29 is 47.0 Å². The van der Waals surface area contributed by atoms with Gasteiger partial charge in [0.15, 0.2) is 6.29 Å². The number of hydrogen-bond acceptors (Lipinski definition) is 10. The predicted octanol–water partition coefficient (Wildman–Crippen LogP) is 2.00. The summed E-state index contributed by atoms with van der Waals surface area (Å²) in [6, 6.07) is 12.8. The van der Waals surface area contributed by atoms with Crippen LogP contribution >= 0.6 is 0 Å². The second-order valence-electron chi connectivity index (χ2n) is 13.1. The van der Waals surface area contributed by atoms with Crippen molar-refractivity contribution in [3.8, 4) is 0 Å². The molecule has 0 aliphatic carbocycles. The van der Waals surface area contributed by atoms with E-state index in [1.54, 1.807) is 6.92 Å². The molecule has 1 amide bonds. The summed E-state index contributed by atoms with van der Waals surface area (Å²) in [5.74, 6) is -1.03. The number of benzene rings is 2. The topological polar surface area (TPSA) is 161 Å². The lowest BCUT2D eigenvalue weighted by Gasteiger charge is -2.31. The van der Waals surface area contributed by atoms with Crippen molar-refractivity contribution in [3.05, 3.63) is 59.7 Å². The number of aliphatic hydroxyl groups is 1. The molecule has 2 fully saturated rings. The minimum atomic E-state index is -4.15. The van der Waals surface area contributed by atoms with Crippen molar-refractivity contribution in [2.75, 3.05) is 26.3 Å². The Bertz CT molecular complexity index is 1490. The highest BCUT2D eigenvalue weighted by Gasteiger charge is 2.44. The first-order valence-corrected chi connectivity index (χ1v) is 17.8. The molecule has 0 spiro atoms. The molecule has 14 heteroatoms. The molecule has 0 saturated carbocycles. The van der Waals surface area contributed by atoms with Gasteiger partial charge >= 0.3 is 13.2 Å². The predicted molar refractivity (Wildman–Crippen MR) is 173 cm³/mol. The lowest BCUT2D eigenvalue weighted by molar-refractivity contribution is -0.139. The number of hydrogen-bond donors (Lipinski definition) is 3. The number of aryl methyl sites for hydroxylation is 1. The zero-order chi connectivity index (χ0) is 33.7. The number of aliphatic hydroxyl groups excluding tert-OH is 1. The molecule has 47 heavy (non-hydrogen) atoms. The Morgan fingerprint density at radius 2 is 1.89 bits per heavy atom. The fraction of sp³-hybridized carbons (Fsp3) is 0.576. The number of fused-ring (bicyclic) bond motifs is 2. The van der Waals surface area contributed by atoms with Crippen molar-refractivity contribution >= 4 is 34.7 Å². The van der Waals surface area contributed by atoms with Gasteiger partial charge in [-0.3, -0.25) is 4.79 Å². The molecule has 3 aliphatic heterocycles. The van der Waals surface area contributed by atoms with Crippen molar-refractivity contribution in [1.82, 2.24) is 9.62 Å². The van der Waals surface area contributed by atoms with E-state index in [4.69, 9.17) is 18.9 Å². The number of carbonyl (C=O) groups excluding carboxylic acids is 2. The second-order valence-corrected chi connectivity index (χ2v) is 15.1. The number of sulfonamides is 1. The Morgan fingerprint density at radius 3 is 2.64 bits per heavy atom. The number of ether oxygens (including phenoxy) is 3. The largest absolute Gasteiger partial charge is 0.562 e. The molecule has 3 heterocycles. The third-order valence-electron chi connectivity index (χ3n) is 9.00. The van der Waals surface area contributed by atoms with Gasteiger partial charge in [0.1, 0.15) is 6.10 Å². The zero-order valence-corrected chi connectivity index (χ0v) is 27.9. The minimum absolute atomic E-state index is 0.00327. The normalized spacial score (nSPS) is 24.5. The van der Waals surface area contributed by atoms with Crippen LogP contribution in [0.4, 0.5) is 4.79 Å². The summed E-state index contributed by atoms with van der Waals surface area (Å²) in [4.78, 5) is 25.4. The van der Waals surface area contributed by atoms with Crippen LogP contribution in [0.15, 0.2) is 53.4 Å². The van der Waals surface area contributed by atoms with Crippen molar-refractivity contribution in [3.63, 3.8) is 0 Å². The summed E-state index contributed by atoms with van der Waals surface area (Å²) in [6.07, 6.45) is -0.353. The molecule has 3 N–H and O–H groups in total. The first kappa shape index (κ1) is 35.3. The summed E-state index contributed by atoms with van der Waals surface area (Å²) in [7, 11) is -5.65. The van der Waals surface area contributed by atoms with Crippen molar-refractivity contribution in [2.24, 2.45) is 17.8 Å². The highest BCUT2D eigenvalue weighted by Crippen LogP contribution is 2.33. The molecule has 0 bridgehead atoms. The van der Waals surface area contributed by atoms with Crippen LogP contribution in [0, 0.1) is 17.8 Å². The van der Waals surface area contributed by atoms with Crippen molar-refractivity contribution in [2.45, 2.75) is 82.3 Å². The van der Waals surface area contributed by atoms with Crippen LogP contribution in [0.1, 0.15) is 51.2 Å². The van der Waals surface area contributed by atoms with Crippen LogP contribution in [0.5, 0.6) is 0 Å². The number of rotatable bonds is 11. The number of amides is 1. The first-order valence-electron chi connectivity index (χ1n) is 16.4. The van der Waals surface area contributed by atoms with Gasteiger partial charge in [0.05, 0.1) is 42.1 Å². The Labute approximate surface area is 276 Å². The second kappa shape index (κ2) is 15.5. The molecule has 6 atom stereocenters. The molecule has 2 aromatic rings.